The molecule has 3 aromatic rings. The Morgan fingerprint density at radius 1 is 1.05 bits per heavy atom. The highest BCUT2D eigenvalue weighted by molar-refractivity contribution is 6.07. The highest BCUT2D eigenvalue weighted by Crippen LogP contribution is 2.36. The molecule has 2 heterocycles. The van der Waals surface area contributed by atoms with Gasteiger partial charge in [0.25, 0.3) is 5.91 Å². The number of benzene rings is 3. The standard InChI is InChI=1S/C27H29FN4O2.C2HF3O2/c1-19(30-25(33)24-11-4-7-20-6-2-3-10-23(20)24)17-31-14-12-27(13-15-31)26(34)29-18-32(27)22-9-5-8-21(28)16-22;3-2(4,5)1(6)7/h2-11,16,19H,12-15,17-18H2,1H3,(H,29,34)(H,30,33);(H,6,7)/t19-;/m0./s1. The molecule has 2 fully saturated rings. The number of carbonyl (C=O) groups excluding carboxylic acids is 2. The van der Waals surface area contributed by atoms with Crippen LogP contribution in [0.5, 0.6) is 0 Å². The van der Waals surface area contributed by atoms with E-state index in [2.05, 4.69) is 15.5 Å². The molecule has 1 atom stereocenters. The van der Waals surface area contributed by atoms with Gasteiger partial charge in [0.2, 0.25) is 5.91 Å². The van der Waals surface area contributed by atoms with E-state index in [-0.39, 0.29) is 23.7 Å². The van der Waals surface area contributed by atoms with Crippen molar-refractivity contribution in [1.29, 1.82) is 0 Å². The lowest BCUT2D eigenvalue weighted by molar-refractivity contribution is -0.192. The van der Waals surface area contributed by atoms with Gasteiger partial charge in [0.05, 0.1) is 6.67 Å². The number of carboxylic acid groups (broad SMARTS) is 1. The zero-order valence-corrected chi connectivity index (χ0v) is 22.2. The number of likely N-dealkylation sites (tertiary alicyclic amines) is 1. The van der Waals surface area contributed by atoms with E-state index in [0.717, 1.165) is 29.5 Å². The number of hydrogen-bond acceptors (Lipinski definition) is 5. The molecule has 218 valence electrons. The maximum Gasteiger partial charge on any atom is 0.490 e. The average Bonchev–Trinajstić information content (AvgIpc) is 3.24. The molecule has 2 amide bonds. The quantitative estimate of drug-likeness (QED) is 0.396. The average molecular weight is 575 g/mol. The number of aliphatic carboxylic acids is 1. The number of hydrogen-bond donors (Lipinski definition) is 3. The second kappa shape index (κ2) is 12.1. The van der Waals surface area contributed by atoms with E-state index >= 15 is 0 Å². The van der Waals surface area contributed by atoms with Crippen LogP contribution in [0.15, 0.2) is 66.7 Å². The summed E-state index contributed by atoms with van der Waals surface area (Å²) < 4.78 is 45.6. The summed E-state index contributed by atoms with van der Waals surface area (Å²) in [7, 11) is 0. The number of halogens is 4. The van der Waals surface area contributed by atoms with E-state index < -0.39 is 17.7 Å². The summed E-state index contributed by atoms with van der Waals surface area (Å²) in [5.41, 5.74) is 0.748. The monoisotopic (exact) mass is 574 g/mol. The van der Waals surface area contributed by atoms with E-state index in [0.29, 0.717) is 31.6 Å². The molecule has 12 heteroatoms. The second-order valence-corrected chi connectivity index (χ2v) is 10.1. The fourth-order valence-electron chi connectivity index (χ4n) is 5.33. The summed E-state index contributed by atoms with van der Waals surface area (Å²) in [6.45, 7) is 4.56. The molecule has 2 aliphatic rings. The van der Waals surface area contributed by atoms with Crippen molar-refractivity contribution in [2.75, 3.05) is 31.2 Å². The lowest BCUT2D eigenvalue weighted by Crippen LogP contribution is -2.57. The predicted molar refractivity (Wildman–Crippen MR) is 145 cm³/mol. The number of rotatable bonds is 5. The van der Waals surface area contributed by atoms with Crippen LogP contribution in [0.2, 0.25) is 0 Å². The first-order chi connectivity index (χ1) is 19.4. The van der Waals surface area contributed by atoms with Crippen molar-refractivity contribution in [1.82, 2.24) is 15.5 Å². The molecule has 0 unspecified atom stereocenters. The lowest BCUT2D eigenvalue weighted by atomic mass is 9.85. The Hall–Kier alpha value is -4.19. The van der Waals surface area contributed by atoms with Crippen LogP contribution < -0.4 is 15.5 Å². The molecule has 2 aliphatic heterocycles. The van der Waals surface area contributed by atoms with Crippen molar-refractivity contribution >= 4 is 34.2 Å². The Balaban J connectivity index is 0.000000493. The molecule has 0 aromatic heterocycles. The minimum Gasteiger partial charge on any atom is -0.475 e. The minimum atomic E-state index is -5.08. The third-order valence-electron chi connectivity index (χ3n) is 7.33. The molecule has 1 spiro atoms. The Morgan fingerprint density at radius 2 is 1.68 bits per heavy atom. The highest BCUT2D eigenvalue weighted by atomic mass is 19.4. The van der Waals surface area contributed by atoms with Crippen molar-refractivity contribution in [2.24, 2.45) is 0 Å². The van der Waals surface area contributed by atoms with E-state index in [9.17, 15) is 27.2 Å². The fourth-order valence-corrected chi connectivity index (χ4v) is 5.33. The number of fused-ring (bicyclic) bond motifs is 1. The van der Waals surface area contributed by atoms with Gasteiger partial charge in [0.15, 0.2) is 0 Å². The van der Waals surface area contributed by atoms with Crippen LogP contribution in [0.25, 0.3) is 10.8 Å². The first-order valence-electron chi connectivity index (χ1n) is 13.0. The smallest absolute Gasteiger partial charge is 0.475 e. The van der Waals surface area contributed by atoms with Crippen LogP contribution in [-0.4, -0.2) is 71.9 Å². The third-order valence-corrected chi connectivity index (χ3v) is 7.33. The molecular weight excluding hydrogens is 544 g/mol. The van der Waals surface area contributed by atoms with Crippen LogP contribution in [0.4, 0.5) is 23.2 Å². The highest BCUT2D eigenvalue weighted by Gasteiger charge is 2.50. The summed E-state index contributed by atoms with van der Waals surface area (Å²) in [5, 5.41) is 15.2. The number of amides is 2. The molecule has 0 saturated carbocycles. The van der Waals surface area contributed by atoms with Crippen molar-refractivity contribution in [2.45, 2.75) is 37.5 Å². The summed E-state index contributed by atoms with van der Waals surface area (Å²) in [6.07, 6.45) is -3.78. The van der Waals surface area contributed by atoms with E-state index in [4.69, 9.17) is 9.90 Å². The molecule has 3 aromatic carbocycles. The Labute approximate surface area is 233 Å². The molecule has 0 aliphatic carbocycles. The lowest BCUT2D eigenvalue weighted by Gasteiger charge is -2.43. The van der Waals surface area contributed by atoms with Crippen LogP contribution in [0.3, 0.4) is 0 Å². The number of carbonyl (C=O) groups is 3. The van der Waals surface area contributed by atoms with E-state index in [1.54, 1.807) is 6.07 Å². The van der Waals surface area contributed by atoms with Crippen LogP contribution in [0, 0.1) is 5.82 Å². The van der Waals surface area contributed by atoms with Crippen LogP contribution in [-0.2, 0) is 9.59 Å². The topological polar surface area (TPSA) is 102 Å². The normalized spacial score (nSPS) is 17.5. The number of piperidine rings is 1. The Kier molecular flexibility index (Phi) is 8.81. The first kappa shape index (κ1) is 29.8. The molecule has 0 bridgehead atoms. The van der Waals surface area contributed by atoms with Gasteiger partial charge in [-0.1, -0.05) is 42.5 Å². The maximum absolute atomic E-state index is 13.8. The third kappa shape index (κ3) is 6.76. The first-order valence-corrected chi connectivity index (χ1v) is 13.0. The molecule has 3 N–H and O–H groups in total. The van der Waals surface area contributed by atoms with Gasteiger partial charge in [0, 0.05) is 36.9 Å². The summed E-state index contributed by atoms with van der Waals surface area (Å²) in [4.78, 5) is 39.0. The van der Waals surface area contributed by atoms with Crippen molar-refractivity contribution in [3.8, 4) is 0 Å². The van der Waals surface area contributed by atoms with Crippen LogP contribution in [0.1, 0.15) is 30.1 Å². The van der Waals surface area contributed by atoms with Gasteiger partial charge in [-0.25, -0.2) is 9.18 Å². The molecule has 41 heavy (non-hydrogen) atoms. The van der Waals surface area contributed by atoms with Crippen molar-refractivity contribution in [3.63, 3.8) is 0 Å². The molecule has 2 saturated heterocycles. The van der Waals surface area contributed by atoms with Gasteiger partial charge in [-0.3, -0.25) is 9.59 Å². The number of anilines is 1. The summed E-state index contributed by atoms with van der Waals surface area (Å²) >= 11 is 0. The number of nitrogens with one attached hydrogen (secondary N) is 2. The molecule has 0 radical (unpaired) electrons. The summed E-state index contributed by atoms with van der Waals surface area (Å²) in [6, 6.07) is 20.0. The molecule has 8 nitrogen and oxygen atoms in total. The number of alkyl halides is 3. The Morgan fingerprint density at radius 3 is 2.34 bits per heavy atom. The number of nitrogens with zero attached hydrogens (tertiary/aromatic N) is 2. The second-order valence-electron chi connectivity index (χ2n) is 10.1. The van der Waals surface area contributed by atoms with Gasteiger partial charge in [-0.15, -0.1) is 0 Å². The van der Waals surface area contributed by atoms with Gasteiger partial charge in [-0.05, 0) is 54.8 Å². The molecular formula is C29H30F4N4O4. The zero-order valence-electron chi connectivity index (χ0n) is 22.2. The fraction of sp³-hybridized carbons (Fsp3) is 0.345. The van der Waals surface area contributed by atoms with Gasteiger partial charge in [-0.2, -0.15) is 13.2 Å². The SMILES string of the molecule is C[C@@H](CN1CCC2(CC1)C(=O)NCN2c1cccc(F)c1)NC(=O)c1cccc2ccccc12.O=C(O)C(F)(F)F. The minimum absolute atomic E-state index is 0.00807. The number of carboxylic acids is 1. The van der Waals surface area contributed by atoms with Crippen molar-refractivity contribution in [3.05, 3.63) is 78.1 Å². The summed E-state index contributed by atoms with van der Waals surface area (Å²) in [5.74, 6) is -3.13. The van der Waals surface area contributed by atoms with E-state index in [1.165, 1.54) is 12.1 Å². The van der Waals surface area contributed by atoms with Crippen molar-refractivity contribution < 1.29 is 37.1 Å². The van der Waals surface area contributed by atoms with Gasteiger partial charge in [0.1, 0.15) is 11.4 Å². The molecule has 5 rings (SSSR count). The zero-order chi connectivity index (χ0) is 29.8. The maximum atomic E-state index is 13.8. The van der Waals surface area contributed by atoms with Gasteiger partial charge >= 0.3 is 12.1 Å². The van der Waals surface area contributed by atoms with E-state index in [1.807, 2.05) is 60.4 Å². The largest absolute Gasteiger partial charge is 0.490 e. The van der Waals surface area contributed by atoms with Gasteiger partial charge < -0.3 is 25.5 Å². The Bertz CT molecular complexity index is 1420. The predicted octanol–water partition coefficient (Wildman–Crippen LogP) is 4.16. The van der Waals surface area contributed by atoms with Crippen LogP contribution >= 0.6 is 0 Å².